The Hall–Kier alpha value is -1.76. The normalized spacial score (nSPS) is 15.0. The van der Waals surface area contributed by atoms with Gasteiger partial charge in [-0.15, -0.1) is 0 Å². The minimum atomic E-state index is -4.17. The first-order valence-corrected chi connectivity index (χ1v) is 10.4. The monoisotopic (exact) mass is 376 g/mol. The van der Waals surface area contributed by atoms with Gasteiger partial charge in [-0.25, -0.2) is 0 Å². The highest BCUT2D eigenvalue weighted by Crippen LogP contribution is 2.41. The molecule has 3 rings (SSSR count). The van der Waals surface area contributed by atoms with Crippen LogP contribution in [0.25, 0.3) is 10.8 Å². The lowest BCUT2D eigenvalue weighted by atomic mass is 9.84. The topological polar surface area (TPSA) is 70.0 Å². The molecule has 1 heterocycles. The van der Waals surface area contributed by atoms with Crippen molar-refractivity contribution in [1.29, 1.82) is 0 Å². The quantitative estimate of drug-likeness (QED) is 0.802. The summed E-state index contributed by atoms with van der Waals surface area (Å²) in [6.07, 6.45) is 1.90. The molecule has 0 fully saturated rings. The van der Waals surface area contributed by atoms with Crippen LogP contribution in [0.15, 0.2) is 40.2 Å². The van der Waals surface area contributed by atoms with Gasteiger partial charge in [0.25, 0.3) is 10.1 Å². The lowest BCUT2D eigenvalue weighted by Gasteiger charge is -2.18. The Morgan fingerprint density at radius 3 is 2.15 bits per heavy atom. The second-order valence-corrected chi connectivity index (χ2v) is 8.34. The summed E-state index contributed by atoms with van der Waals surface area (Å²) in [5.41, 5.74) is 1.83. The maximum Gasteiger partial charge on any atom is 0.294 e. The van der Waals surface area contributed by atoms with Gasteiger partial charge in [0.15, 0.2) is 0 Å². The molecular weight excluding hydrogens is 348 g/mol. The number of hydrogen-bond acceptors (Lipinski definition) is 4. The molecule has 0 bridgehead atoms. The first-order chi connectivity index (χ1) is 12.1. The van der Waals surface area contributed by atoms with Crippen molar-refractivity contribution < 1.29 is 13.0 Å². The summed E-state index contributed by atoms with van der Waals surface area (Å²) in [7, 11) is -4.17. The maximum atomic E-state index is 11.2. The Morgan fingerprint density at radius 1 is 1.04 bits per heavy atom. The van der Waals surface area contributed by atoms with E-state index in [1.54, 1.807) is 6.07 Å². The van der Waals surface area contributed by atoms with Gasteiger partial charge < -0.3 is 4.90 Å². The summed E-state index contributed by atoms with van der Waals surface area (Å²) in [6, 6.07) is 8.33. The first-order valence-electron chi connectivity index (χ1n) is 8.96. The first kappa shape index (κ1) is 20.6. The molecule has 0 amide bonds. The Kier molecular flexibility index (Phi) is 6.21. The molecule has 0 radical (unpaired) electrons. The van der Waals surface area contributed by atoms with Crippen LogP contribution in [0.1, 0.15) is 40.2 Å². The molecule has 0 saturated carbocycles. The largest absolute Gasteiger partial charge is 0.304 e. The fourth-order valence-electron chi connectivity index (χ4n) is 3.21. The van der Waals surface area contributed by atoms with Gasteiger partial charge in [-0.05, 0) is 54.2 Å². The molecule has 0 spiro atoms. The van der Waals surface area contributed by atoms with Crippen LogP contribution >= 0.6 is 0 Å². The summed E-state index contributed by atoms with van der Waals surface area (Å²) in [4.78, 5) is 6.67. The lowest BCUT2D eigenvalue weighted by molar-refractivity contribution is 0.321. The van der Waals surface area contributed by atoms with Crippen LogP contribution in [0, 0.1) is 0 Å². The molecular formula is C20H28N2O3S. The average Bonchev–Trinajstić information content (AvgIpc) is 2.91. The summed E-state index contributed by atoms with van der Waals surface area (Å²) in [5, 5.41) is 1.75. The van der Waals surface area contributed by atoms with E-state index in [0.717, 1.165) is 22.0 Å². The van der Waals surface area contributed by atoms with E-state index >= 15 is 0 Å². The zero-order valence-electron chi connectivity index (χ0n) is 16.2. The Bertz CT molecular complexity index is 909. The van der Waals surface area contributed by atoms with E-state index in [-0.39, 0.29) is 10.3 Å². The van der Waals surface area contributed by atoms with Crippen molar-refractivity contribution in [2.45, 2.75) is 44.9 Å². The van der Waals surface area contributed by atoms with E-state index in [1.165, 1.54) is 31.8 Å². The zero-order chi connectivity index (χ0) is 19.5. The zero-order valence-corrected chi connectivity index (χ0v) is 17.0. The number of nitrogens with zero attached hydrogens (tertiary/aromatic N) is 2. The van der Waals surface area contributed by atoms with E-state index in [1.807, 2.05) is 18.3 Å². The number of aliphatic imine (C=N–C) groups is 1. The molecule has 0 unspecified atom stereocenters. The second kappa shape index (κ2) is 7.86. The Labute approximate surface area is 156 Å². The van der Waals surface area contributed by atoms with Crippen molar-refractivity contribution in [2.75, 3.05) is 19.6 Å². The van der Waals surface area contributed by atoms with Gasteiger partial charge in [-0.3, -0.25) is 9.55 Å². The molecule has 0 aliphatic carbocycles. The van der Waals surface area contributed by atoms with Crippen molar-refractivity contribution in [3.8, 4) is 0 Å². The minimum Gasteiger partial charge on any atom is -0.304 e. The Morgan fingerprint density at radius 2 is 1.65 bits per heavy atom. The Balaban J connectivity index is 0.000000298. The highest BCUT2D eigenvalue weighted by atomic mass is 32.2. The SMILES string of the molecule is CC1(C)C=Nc2ccc3cc(S(=O)(=O)O)ccc3c21.CCN(CC)CC. The minimum absolute atomic E-state index is 0.0864. The van der Waals surface area contributed by atoms with Crippen LogP contribution in [-0.2, 0) is 15.5 Å². The van der Waals surface area contributed by atoms with E-state index < -0.39 is 10.1 Å². The fourth-order valence-corrected chi connectivity index (χ4v) is 3.72. The van der Waals surface area contributed by atoms with Crippen molar-refractivity contribution in [3.63, 3.8) is 0 Å². The van der Waals surface area contributed by atoms with Gasteiger partial charge in [0.2, 0.25) is 0 Å². The summed E-state index contributed by atoms with van der Waals surface area (Å²) in [6.45, 7) is 14.3. The molecule has 0 saturated heterocycles. The molecule has 1 aliphatic heterocycles. The summed E-state index contributed by atoms with van der Waals surface area (Å²) in [5.74, 6) is 0. The predicted octanol–water partition coefficient (Wildman–Crippen LogP) is 4.43. The highest BCUT2D eigenvalue weighted by Gasteiger charge is 2.28. The molecule has 2 aromatic rings. The van der Waals surface area contributed by atoms with Crippen LogP contribution in [0.2, 0.25) is 0 Å². The second-order valence-electron chi connectivity index (χ2n) is 6.92. The van der Waals surface area contributed by atoms with Crippen molar-refractivity contribution >= 4 is 32.8 Å². The lowest BCUT2D eigenvalue weighted by Crippen LogP contribution is -2.21. The number of rotatable bonds is 4. The van der Waals surface area contributed by atoms with Crippen molar-refractivity contribution in [2.24, 2.45) is 4.99 Å². The molecule has 0 aromatic heterocycles. The van der Waals surface area contributed by atoms with Gasteiger partial charge in [0.05, 0.1) is 10.6 Å². The van der Waals surface area contributed by atoms with Crippen molar-refractivity contribution in [3.05, 3.63) is 35.9 Å². The molecule has 5 nitrogen and oxygen atoms in total. The standard InChI is InChI=1S/C14H13NO3S.C6H15N/c1-14(2)8-15-12-6-3-9-7-10(19(16,17)18)4-5-11(9)13(12)14;1-4-7(5-2)6-3/h3-8H,1-2H3,(H,16,17,18);4-6H2,1-3H3. The van der Waals surface area contributed by atoms with Gasteiger partial charge in [0.1, 0.15) is 0 Å². The predicted molar refractivity (Wildman–Crippen MR) is 108 cm³/mol. The van der Waals surface area contributed by atoms with Crippen LogP contribution < -0.4 is 0 Å². The van der Waals surface area contributed by atoms with Gasteiger partial charge in [-0.1, -0.05) is 46.8 Å². The third kappa shape index (κ3) is 4.31. The van der Waals surface area contributed by atoms with Crippen LogP contribution in [0.3, 0.4) is 0 Å². The number of benzene rings is 2. The fraction of sp³-hybridized carbons (Fsp3) is 0.450. The van der Waals surface area contributed by atoms with Gasteiger partial charge in [-0.2, -0.15) is 8.42 Å². The van der Waals surface area contributed by atoms with Gasteiger partial charge >= 0.3 is 0 Å². The van der Waals surface area contributed by atoms with Crippen LogP contribution in [0.5, 0.6) is 0 Å². The van der Waals surface area contributed by atoms with E-state index in [4.69, 9.17) is 4.55 Å². The molecule has 2 aromatic carbocycles. The average molecular weight is 377 g/mol. The third-order valence-corrected chi connectivity index (χ3v) is 5.63. The molecule has 142 valence electrons. The highest BCUT2D eigenvalue weighted by molar-refractivity contribution is 7.85. The van der Waals surface area contributed by atoms with E-state index in [9.17, 15) is 8.42 Å². The van der Waals surface area contributed by atoms with E-state index in [2.05, 4.69) is 44.5 Å². The van der Waals surface area contributed by atoms with Gasteiger partial charge in [0, 0.05) is 11.6 Å². The summed E-state index contributed by atoms with van der Waals surface area (Å²) < 4.78 is 31.4. The smallest absolute Gasteiger partial charge is 0.294 e. The molecule has 26 heavy (non-hydrogen) atoms. The van der Waals surface area contributed by atoms with Crippen LogP contribution in [0.4, 0.5) is 5.69 Å². The van der Waals surface area contributed by atoms with Crippen molar-refractivity contribution in [1.82, 2.24) is 4.90 Å². The maximum absolute atomic E-state index is 11.2. The number of fused-ring (bicyclic) bond motifs is 3. The summed E-state index contributed by atoms with van der Waals surface area (Å²) >= 11 is 0. The third-order valence-electron chi connectivity index (χ3n) is 4.78. The molecule has 1 N–H and O–H groups in total. The molecule has 1 aliphatic rings. The number of hydrogen-bond donors (Lipinski definition) is 1. The van der Waals surface area contributed by atoms with E-state index in [0.29, 0.717) is 0 Å². The van der Waals surface area contributed by atoms with Crippen LogP contribution in [-0.4, -0.2) is 43.7 Å². The molecule has 6 heteroatoms. The molecule has 0 atom stereocenters.